The van der Waals surface area contributed by atoms with Crippen molar-refractivity contribution in [2.75, 3.05) is 13.2 Å². The number of aliphatic carboxylic acids is 3. The molecular formula is C18H32O19. The number of carboxylic acids is 3. The van der Waals surface area contributed by atoms with Crippen molar-refractivity contribution in [3.63, 3.8) is 0 Å². The highest BCUT2D eigenvalue weighted by molar-refractivity contribution is 5.88. The van der Waals surface area contributed by atoms with Gasteiger partial charge in [-0.2, -0.15) is 0 Å². The molecule has 218 valence electrons. The number of aliphatic hydroxyl groups is 11. The average Bonchev–Trinajstić information content (AvgIpc) is 2.84. The Hall–Kier alpha value is -2.69. The summed E-state index contributed by atoms with van der Waals surface area (Å²) in [7, 11) is 0. The predicted octanol–water partition coefficient (Wildman–Crippen LogP) is -8.01. The van der Waals surface area contributed by atoms with Crippen LogP contribution in [0.1, 0.15) is 12.8 Å². The summed E-state index contributed by atoms with van der Waals surface area (Å²) in [5.74, 6) is -5.02. The number of hydrogen-bond donors (Lipinski definition) is 14. The Morgan fingerprint density at radius 1 is 0.595 bits per heavy atom. The third-order valence-electron chi connectivity index (χ3n) is 4.13. The van der Waals surface area contributed by atoms with E-state index in [1.54, 1.807) is 0 Å². The van der Waals surface area contributed by atoms with Gasteiger partial charge in [0.15, 0.2) is 18.2 Å². The topological polar surface area (TPSA) is 369 Å². The Kier molecular flexibility index (Phi) is 20.4. The van der Waals surface area contributed by atoms with Gasteiger partial charge in [0.1, 0.15) is 48.8 Å². The van der Waals surface area contributed by atoms with Crippen molar-refractivity contribution >= 4 is 30.5 Å². The Morgan fingerprint density at radius 2 is 0.865 bits per heavy atom. The molecule has 37 heavy (non-hydrogen) atoms. The molecule has 0 unspecified atom stereocenters. The zero-order valence-electron chi connectivity index (χ0n) is 18.9. The quantitative estimate of drug-likeness (QED) is 0.0838. The maximum absolute atomic E-state index is 10.3. The molecule has 0 saturated carbocycles. The van der Waals surface area contributed by atoms with E-state index < -0.39 is 98.4 Å². The third-order valence-corrected chi connectivity index (χ3v) is 4.13. The molecule has 0 heterocycles. The lowest BCUT2D eigenvalue weighted by molar-refractivity contribution is -0.170. The summed E-state index contributed by atoms with van der Waals surface area (Å²) in [5, 5.41) is 121. The highest BCUT2D eigenvalue weighted by Crippen LogP contribution is 2.15. The Morgan fingerprint density at radius 3 is 1.03 bits per heavy atom. The summed E-state index contributed by atoms with van der Waals surface area (Å²) in [4.78, 5) is 50.3. The Balaban J connectivity index is -0.000000469. The zero-order valence-corrected chi connectivity index (χ0v) is 18.9. The first-order valence-electron chi connectivity index (χ1n) is 9.82. The summed E-state index contributed by atoms with van der Waals surface area (Å²) in [6.45, 7) is -1.52. The molecule has 0 fully saturated rings. The molecule has 0 rings (SSSR count). The molecule has 14 N–H and O–H groups in total. The van der Waals surface area contributed by atoms with Gasteiger partial charge in [-0.05, 0) is 0 Å². The normalized spacial score (nSPS) is 17.5. The van der Waals surface area contributed by atoms with E-state index in [4.69, 9.17) is 71.5 Å². The highest BCUT2D eigenvalue weighted by atomic mass is 16.4. The lowest BCUT2D eigenvalue weighted by Crippen LogP contribution is -2.46. The van der Waals surface area contributed by atoms with Crippen molar-refractivity contribution < 1.29 is 95.5 Å². The van der Waals surface area contributed by atoms with Crippen molar-refractivity contribution in [3.8, 4) is 0 Å². The molecule has 0 saturated heterocycles. The zero-order chi connectivity index (χ0) is 30.1. The monoisotopic (exact) mass is 552 g/mol. The van der Waals surface area contributed by atoms with Gasteiger partial charge in [-0.1, -0.05) is 0 Å². The van der Waals surface area contributed by atoms with Gasteiger partial charge >= 0.3 is 17.9 Å². The van der Waals surface area contributed by atoms with Crippen molar-refractivity contribution in [1.29, 1.82) is 0 Å². The van der Waals surface area contributed by atoms with E-state index in [1.807, 2.05) is 0 Å². The maximum Gasteiger partial charge on any atom is 0.336 e. The lowest BCUT2D eigenvalue weighted by atomic mass is 9.96. The number of carboxylic acid groups (broad SMARTS) is 3. The third kappa shape index (κ3) is 15.9. The largest absolute Gasteiger partial charge is 0.481 e. The minimum Gasteiger partial charge on any atom is -0.481 e. The van der Waals surface area contributed by atoms with Gasteiger partial charge in [0, 0.05) is 0 Å². The van der Waals surface area contributed by atoms with Crippen LogP contribution in [0.3, 0.4) is 0 Å². The molecule has 0 aliphatic rings. The molecule has 0 spiro atoms. The van der Waals surface area contributed by atoms with Crippen LogP contribution in [0.4, 0.5) is 0 Å². The molecule has 19 nitrogen and oxygen atoms in total. The van der Waals surface area contributed by atoms with E-state index in [0.717, 1.165) is 0 Å². The van der Waals surface area contributed by atoms with E-state index in [1.165, 1.54) is 0 Å². The first kappa shape index (κ1) is 38.8. The number of hydrogen-bond acceptors (Lipinski definition) is 16. The molecule has 0 aliphatic carbocycles. The van der Waals surface area contributed by atoms with Crippen LogP contribution in [0, 0.1) is 0 Å². The maximum atomic E-state index is 10.3. The lowest BCUT2D eigenvalue weighted by Gasteiger charge is -2.22. The second kappa shape index (κ2) is 19.4. The Labute approximate surface area is 207 Å². The van der Waals surface area contributed by atoms with E-state index >= 15 is 0 Å². The van der Waals surface area contributed by atoms with E-state index in [9.17, 15) is 24.0 Å². The second-order valence-electron chi connectivity index (χ2n) is 7.19. The fourth-order valence-corrected chi connectivity index (χ4v) is 1.95. The molecule has 8 atom stereocenters. The van der Waals surface area contributed by atoms with Gasteiger partial charge < -0.3 is 81.1 Å². The van der Waals surface area contributed by atoms with Crippen molar-refractivity contribution in [2.24, 2.45) is 0 Å². The van der Waals surface area contributed by atoms with Crippen LogP contribution >= 0.6 is 0 Å². The van der Waals surface area contributed by atoms with Crippen LogP contribution in [-0.4, -0.2) is 170 Å². The van der Waals surface area contributed by atoms with Gasteiger partial charge in [-0.15, -0.1) is 0 Å². The standard InChI is InChI=1S/C6H8O7.2C6H12O6/c7-3(8)1-6(13,5(11)12)2-4(9)10;2*7-1-3(9)5(11)6(12)4(10)2-8/h13H,1-2H2,(H,7,8)(H,9,10)(H,11,12);2*1,3-6,8-12H,2H2/t;2*3-,4+,5+,6+/m.00/s1. The van der Waals surface area contributed by atoms with Crippen molar-refractivity contribution in [3.05, 3.63) is 0 Å². The summed E-state index contributed by atoms with van der Waals surface area (Å²) >= 11 is 0. The molecule has 0 bridgehead atoms. The van der Waals surface area contributed by atoms with Gasteiger partial charge in [-0.25, -0.2) is 4.79 Å². The summed E-state index contributed by atoms with van der Waals surface area (Å²) in [6, 6.07) is 0. The number of carbonyl (C=O) groups is 5. The van der Waals surface area contributed by atoms with Crippen LogP contribution < -0.4 is 0 Å². The minimum atomic E-state index is -2.74. The summed E-state index contributed by atoms with van der Waals surface area (Å²) in [6.07, 6.45) is -16.0. The number of rotatable bonds is 15. The van der Waals surface area contributed by atoms with Gasteiger partial charge in [0.25, 0.3) is 0 Å². The van der Waals surface area contributed by atoms with Gasteiger partial charge in [0.2, 0.25) is 0 Å². The minimum absolute atomic E-state index is 0.0258. The highest BCUT2D eigenvalue weighted by Gasteiger charge is 2.40. The molecule has 0 aliphatic heterocycles. The first-order chi connectivity index (χ1) is 16.9. The van der Waals surface area contributed by atoms with Crippen LogP contribution in [0.15, 0.2) is 0 Å². The van der Waals surface area contributed by atoms with Gasteiger partial charge in [0.05, 0.1) is 26.1 Å². The molecule has 0 aromatic rings. The number of aliphatic hydroxyl groups excluding tert-OH is 10. The van der Waals surface area contributed by atoms with Crippen molar-refractivity contribution in [2.45, 2.75) is 67.3 Å². The fraction of sp³-hybridized carbons (Fsp3) is 0.722. The SMILES string of the molecule is O=C(O)CC(O)(CC(=O)O)C(=O)O.O=C[C@H](O)[C@@H](O)[C@H](O)[C@H](O)CO.O=C[C@H](O)[C@@H](O)[C@H](O)[C@H](O)CO. The second-order valence-corrected chi connectivity index (χ2v) is 7.19. The van der Waals surface area contributed by atoms with E-state index in [0.29, 0.717) is 0 Å². The van der Waals surface area contributed by atoms with E-state index in [2.05, 4.69) is 0 Å². The molecule has 0 amide bonds. The molecular weight excluding hydrogens is 520 g/mol. The molecule has 0 radical (unpaired) electrons. The molecule has 0 aromatic carbocycles. The van der Waals surface area contributed by atoms with Crippen LogP contribution in [0.2, 0.25) is 0 Å². The van der Waals surface area contributed by atoms with Crippen LogP contribution in [0.5, 0.6) is 0 Å². The fourth-order valence-electron chi connectivity index (χ4n) is 1.95. The molecule has 0 aromatic heterocycles. The predicted molar refractivity (Wildman–Crippen MR) is 111 cm³/mol. The van der Waals surface area contributed by atoms with Crippen molar-refractivity contribution in [1.82, 2.24) is 0 Å². The first-order valence-corrected chi connectivity index (χ1v) is 9.82. The smallest absolute Gasteiger partial charge is 0.336 e. The van der Waals surface area contributed by atoms with Crippen LogP contribution in [0.25, 0.3) is 0 Å². The Bertz CT molecular complexity index is 651. The summed E-state index contributed by atoms with van der Waals surface area (Å²) in [5.41, 5.74) is -2.74. The average molecular weight is 552 g/mol. The number of aldehydes is 2. The summed E-state index contributed by atoms with van der Waals surface area (Å²) < 4.78 is 0. The molecule has 19 heteroatoms. The van der Waals surface area contributed by atoms with E-state index in [-0.39, 0.29) is 12.6 Å². The van der Waals surface area contributed by atoms with Crippen LogP contribution in [-0.2, 0) is 24.0 Å². The number of carbonyl (C=O) groups excluding carboxylic acids is 2. The van der Waals surface area contributed by atoms with Gasteiger partial charge in [-0.3, -0.25) is 9.59 Å².